The largest absolute Gasteiger partial charge is 0.491 e. The van der Waals surface area contributed by atoms with Gasteiger partial charge in [0.1, 0.15) is 37.9 Å². The fourth-order valence-electron chi connectivity index (χ4n) is 3.03. The van der Waals surface area contributed by atoms with Gasteiger partial charge >= 0.3 is 12.1 Å². The molecule has 2 aromatic carbocycles. The molecular weight excluding hydrogens is 438 g/mol. The SMILES string of the molecule is C=C(C)C(=O)OCCNC(=O)OCCOc1ccc(C(C)(C)c2ccc(OCCO)cc2)cc1. The summed E-state index contributed by atoms with van der Waals surface area (Å²) in [6.45, 7) is 10.0. The molecule has 2 N–H and O–H groups in total. The van der Waals surface area contributed by atoms with E-state index in [1.54, 1.807) is 6.92 Å². The van der Waals surface area contributed by atoms with E-state index in [1.807, 2.05) is 48.5 Å². The molecule has 1 amide bonds. The highest BCUT2D eigenvalue weighted by molar-refractivity contribution is 5.86. The highest BCUT2D eigenvalue weighted by atomic mass is 16.6. The molecule has 0 aliphatic heterocycles. The average molecular weight is 472 g/mol. The Kier molecular flexibility index (Phi) is 10.4. The number of alkyl carbamates (subject to hydrolysis) is 1. The molecule has 0 fully saturated rings. The number of nitrogens with one attached hydrogen (secondary N) is 1. The molecule has 0 radical (unpaired) electrons. The van der Waals surface area contributed by atoms with E-state index >= 15 is 0 Å². The Morgan fingerprint density at radius 3 is 1.88 bits per heavy atom. The molecule has 0 saturated heterocycles. The molecule has 2 aromatic rings. The fourth-order valence-corrected chi connectivity index (χ4v) is 3.03. The van der Waals surface area contributed by atoms with Crippen LogP contribution >= 0.6 is 0 Å². The predicted octanol–water partition coefficient (Wildman–Crippen LogP) is 3.61. The van der Waals surface area contributed by atoms with Crippen molar-refractivity contribution >= 4 is 12.1 Å². The topological polar surface area (TPSA) is 103 Å². The molecule has 34 heavy (non-hydrogen) atoms. The van der Waals surface area contributed by atoms with E-state index in [4.69, 9.17) is 24.1 Å². The Bertz CT molecular complexity index is 937. The maximum Gasteiger partial charge on any atom is 0.407 e. The van der Waals surface area contributed by atoms with E-state index in [0.717, 1.165) is 16.9 Å². The number of ether oxygens (including phenoxy) is 4. The van der Waals surface area contributed by atoms with Gasteiger partial charge in [0.15, 0.2) is 0 Å². The summed E-state index contributed by atoms with van der Waals surface area (Å²) in [6.07, 6.45) is -0.611. The van der Waals surface area contributed by atoms with Crippen LogP contribution in [0.2, 0.25) is 0 Å². The molecule has 0 spiro atoms. The average Bonchev–Trinajstić information content (AvgIpc) is 2.83. The van der Waals surface area contributed by atoms with Crippen LogP contribution in [0.15, 0.2) is 60.7 Å². The third kappa shape index (κ3) is 8.44. The lowest BCUT2D eigenvalue weighted by Crippen LogP contribution is -2.29. The number of hydrogen-bond donors (Lipinski definition) is 2. The molecule has 0 atom stereocenters. The number of aliphatic hydroxyl groups is 1. The smallest absolute Gasteiger partial charge is 0.407 e. The molecule has 0 aromatic heterocycles. The Hall–Kier alpha value is -3.52. The van der Waals surface area contributed by atoms with Crippen LogP contribution in [0.3, 0.4) is 0 Å². The minimum Gasteiger partial charge on any atom is -0.491 e. The van der Waals surface area contributed by atoms with Gasteiger partial charge in [-0.25, -0.2) is 9.59 Å². The summed E-state index contributed by atoms with van der Waals surface area (Å²) in [5.74, 6) is 0.891. The first-order valence-corrected chi connectivity index (χ1v) is 11.0. The first kappa shape index (κ1) is 26.7. The summed E-state index contributed by atoms with van der Waals surface area (Å²) < 4.78 is 21.0. The summed E-state index contributed by atoms with van der Waals surface area (Å²) in [5, 5.41) is 11.4. The number of hydrogen-bond acceptors (Lipinski definition) is 7. The van der Waals surface area contributed by atoms with E-state index in [1.165, 1.54) is 0 Å². The number of benzene rings is 2. The summed E-state index contributed by atoms with van der Waals surface area (Å²) >= 11 is 0. The van der Waals surface area contributed by atoms with Crippen molar-refractivity contribution in [1.82, 2.24) is 5.32 Å². The Morgan fingerprint density at radius 1 is 0.853 bits per heavy atom. The van der Waals surface area contributed by atoms with Crippen molar-refractivity contribution in [3.63, 3.8) is 0 Å². The summed E-state index contributed by atoms with van der Waals surface area (Å²) in [7, 11) is 0. The number of amides is 1. The van der Waals surface area contributed by atoms with E-state index in [-0.39, 0.29) is 45.0 Å². The highest BCUT2D eigenvalue weighted by Crippen LogP contribution is 2.33. The quantitative estimate of drug-likeness (QED) is 0.261. The molecule has 2 rings (SSSR count). The van der Waals surface area contributed by atoms with Crippen molar-refractivity contribution in [2.24, 2.45) is 0 Å². The van der Waals surface area contributed by atoms with Crippen molar-refractivity contribution < 1.29 is 33.6 Å². The van der Waals surface area contributed by atoms with Gasteiger partial charge in [-0.3, -0.25) is 0 Å². The van der Waals surface area contributed by atoms with E-state index in [0.29, 0.717) is 11.3 Å². The van der Waals surface area contributed by atoms with Crippen LogP contribution in [0.1, 0.15) is 31.9 Å². The second-order valence-electron chi connectivity index (χ2n) is 8.07. The van der Waals surface area contributed by atoms with Crippen molar-refractivity contribution in [2.75, 3.05) is 39.6 Å². The molecule has 0 unspecified atom stereocenters. The monoisotopic (exact) mass is 471 g/mol. The van der Waals surface area contributed by atoms with Crippen molar-refractivity contribution in [3.05, 3.63) is 71.8 Å². The van der Waals surface area contributed by atoms with Gasteiger partial charge < -0.3 is 29.4 Å². The summed E-state index contributed by atoms with van der Waals surface area (Å²) in [6, 6.07) is 15.6. The molecule has 8 nitrogen and oxygen atoms in total. The van der Waals surface area contributed by atoms with Crippen LogP contribution in [0.5, 0.6) is 11.5 Å². The normalized spacial score (nSPS) is 10.8. The van der Waals surface area contributed by atoms with Crippen LogP contribution in [-0.4, -0.2) is 56.7 Å². The van der Waals surface area contributed by atoms with Gasteiger partial charge in [-0.2, -0.15) is 0 Å². The molecule has 8 heteroatoms. The zero-order valence-corrected chi connectivity index (χ0v) is 20.0. The first-order valence-electron chi connectivity index (χ1n) is 11.0. The van der Waals surface area contributed by atoms with Gasteiger partial charge in [0, 0.05) is 11.0 Å². The predicted molar refractivity (Wildman–Crippen MR) is 128 cm³/mol. The number of esters is 1. The van der Waals surface area contributed by atoms with E-state index in [9.17, 15) is 9.59 Å². The number of rotatable bonds is 13. The van der Waals surface area contributed by atoms with Gasteiger partial charge in [0.2, 0.25) is 0 Å². The minimum absolute atomic E-state index is 0.0181. The van der Waals surface area contributed by atoms with Crippen LogP contribution in [0, 0.1) is 0 Å². The van der Waals surface area contributed by atoms with Gasteiger partial charge in [0.25, 0.3) is 0 Å². The van der Waals surface area contributed by atoms with E-state index < -0.39 is 12.1 Å². The summed E-state index contributed by atoms with van der Waals surface area (Å²) in [5.41, 5.74) is 2.32. The van der Waals surface area contributed by atoms with Crippen molar-refractivity contribution in [2.45, 2.75) is 26.2 Å². The van der Waals surface area contributed by atoms with Crippen LogP contribution in [0.4, 0.5) is 4.79 Å². The van der Waals surface area contributed by atoms with Crippen molar-refractivity contribution in [3.8, 4) is 11.5 Å². The maximum absolute atomic E-state index is 11.6. The van der Waals surface area contributed by atoms with Crippen molar-refractivity contribution in [1.29, 1.82) is 0 Å². The van der Waals surface area contributed by atoms with E-state index in [2.05, 4.69) is 25.7 Å². The molecule has 0 aliphatic carbocycles. The molecule has 0 aliphatic rings. The van der Waals surface area contributed by atoms with Gasteiger partial charge in [-0.05, 0) is 42.3 Å². The molecule has 0 saturated carbocycles. The maximum atomic E-state index is 11.6. The number of carbonyl (C=O) groups excluding carboxylic acids is 2. The minimum atomic E-state index is -0.611. The standard InChI is InChI=1S/C26H33NO7/c1-19(2)24(29)33-15-13-27-25(30)34-18-17-32-23-11-7-21(8-12-23)26(3,4)20-5-9-22(10-6-20)31-16-14-28/h5-12,28H,1,13-18H2,2-4H3,(H,27,30). The Labute approximate surface area is 200 Å². The second kappa shape index (κ2) is 13.3. The zero-order valence-electron chi connectivity index (χ0n) is 20.0. The Morgan fingerprint density at radius 2 is 1.38 bits per heavy atom. The highest BCUT2D eigenvalue weighted by Gasteiger charge is 2.23. The zero-order chi connectivity index (χ0) is 25.0. The molecular formula is C26H33NO7. The number of carbonyl (C=O) groups is 2. The van der Waals surface area contributed by atoms with Gasteiger partial charge in [-0.1, -0.05) is 44.7 Å². The summed E-state index contributed by atoms with van der Waals surface area (Å²) in [4.78, 5) is 22.9. The molecule has 0 heterocycles. The van der Waals surface area contributed by atoms with Crippen LogP contribution in [-0.2, 0) is 19.7 Å². The molecule has 0 bridgehead atoms. The number of aliphatic hydroxyl groups excluding tert-OH is 1. The third-order valence-corrected chi connectivity index (χ3v) is 5.05. The molecule has 184 valence electrons. The lowest BCUT2D eigenvalue weighted by Gasteiger charge is -2.26. The van der Waals surface area contributed by atoms with Gasteiger partial charge in [-0.15, -0.1) is 0 Å². The fraction of sp³-hybridized carbons (Fsp3) is 0.385. The lowest BCUT2D eigenvalue weighted by molar-refractivity contribution is -0.138. The second-order valence-corrected chi connectivity index (χ2v) is 8.07. The van der Waals surface area contributed by atoms with Gasteiger partial charge in [0.05, 0.1) is 13.2 Å². The van der Waals surface area contributed by atoms with Crippen LogP contribution in [0.25, 0.3) is 0 Å². The first-order chi connectivity index (χ1) is 16.2. The third-order valence-electron chi connectivity index (χ3n) is 5.05. The van der Waals surface area contributed by atoms with Crippen LogP contribution < -0.4 is 14.8 Å². The lowest BCUT2D eigenvalue weighted by atomic mass is 9.78. The Balaban J connectivity index is 1.74.